The molecule has 0 aromatic heterocycles. The molecule has 0 aromatic rings. The predicted molar refractivity (Wildman–Crippen MR) is 75.5 cm³/mol. The molecule has 2 amide bonds. The SMILES string of the molecule is O=C(N[C@H]1CCOC2(CCCC2)C1)N1CCC[C@@H](O)C1. The van der Waals surface area contributed by atoms with E-state index in [0.29, 0.717) is 6.54 Å². The predicted octanol–water partition coefficient (Wildman–Crippen LogP) is 1.64. The molecule has 0 unspecified atom stereocenters. The van der Waals surface area contributed by atoms with Crippen LogP contribution < -0.4 is 5.32 Å². The number of hydrogen-bond donors (Lipinski definition) is 2. The van der Waals surface area contributed by atoms with E-state index in [2.05, 4.69) is 5.32 Å². The summed E-state index contributed by atoms with van der Waals surface area (Å²) >= 11 is 0. The molecule has 0 aromatic carbocycles. The van der Waals surface area contributed by atoms with Crippen LogP contribution in [0.1, 0.15) is 51.4 Å². The highest BCUT2D eigenvalue weighted by molar-refractivity contribution is 5.74. The van der Waals surface area contributed by atoms with Crippen molar-refractivity contribution in [3.8, 4) is 0 Å². The Morgan fingerprint density at radius 1 is 1.25 bits per heavy atom. The molecule has 0 bridgehead atoms. The summed E-state index contributed by atoms with van der Waals surface area (Å²) in [5.74, 6) is 0. The fourth-order valence-corrected chi connectivity index (χ4v) is 3.92. The van der Waals surface area contributed by atoms with Gasteiger partial charge in [0.25, 0.3) is 0 Å². The molecule has 1 spiro atoms. The second-order valence-corrected chi connectivity index (χ2v) is 6.62. The first-order valence-corrected chi connectivity index (χ1v) is 8.04. The Kier molecular flexibility index (Phi) is 4.17. The van der Waals surface area contributed by atoms with Crippen LogP contribution in [0.4, 0.5) is 4.79 Å². The molecule has 3 rings (SSSR count). The van der Waals surface area contributed by atoms with Gasteiger partial charge in [0, 0.05) is 25.7 Å². The minimum Gasteiger partial charge on any atom is -0.391 e. The molecule has 5 nitrogen and oxygen atoms in total. The summed E-state index contributed by atoms with van der Waals surface area (Å²) < 4.78 is 6.00. The van der Waals surface area contributed by atoms with Crippen LogP contribution in [0.2, 0.25) is 0 Å². The van der Waals surface area contributed by atoms with Crippen LogP contribution in [0.25, 0.3) is 0 Å². The normalized spacial score (nSPS) is 33.4. The van der Waals surface area contributed by atoms with Gasteiger partial charge in [0.2, 0.25) is 0 Å². The van der Waals surface area contributed by atoms with Gasteiger partial charge < -0.3 is 20.1 Å². The lowest BCUT2D eigenvalue weighted by Crippen LogP contribution is -2.53. The Balaban J connectivity index is 1.53. The lowest BCUT2D eigenvalue weighted by Gasteiger charge is -2.39. The van der Waals surface area contributed by atoms with Crippen molar-refractivity contribution in [1.82, 2.24) is 10.2 Å². The van der Waals surface area contributed by atoms with E-state index >= 15 is 0 Å². The van der Waals surface area contributed by atoms with Crippen LogP contribution in [0, 0.1) is 0 Å². The second-order valence-electron chi connectivity index (χ2n) is 6.62. The van der Waals surface area contributed by atoms with E-state index in [1.165, 1.54) is 12.8 Å². The van der Waals surface area contributed by atoms with Crippen molar-refractivity contribution in [3.63, 3.8) is 0 Å². The van der Waals surface area contributed by atoms with E-state index in [1.807, 2.05) is 0 Å². The molecular formula is C15H26N2O3. The van der Waals surface area contributed by atoms with Gasteiger partial charge in [0.1, 0.15) is 0 Å². The van der Waals surface area contributed by atoms with Crippen molar-refractivity contribution >= 4 is 6.03 Å². The van der Waals surface area contributed by atoms with Gasteiger partial charge in [-0.1, -0.05) is 12.8 Å². The first kappa shape index (κ1) is 14.1. The number of aliphatic hydroxyl groups excluding tert-OH is 1. The maximum absolute atomic E-state index is 12.3. The highest BCUT2D eigenvalue weighted by Gasteiger charge is 2.40. The van der Waals surface area contributed by atoms with Gasteiger partial charge >= 0.3 is 6.03 Å². The summed E-state index contributed by atoms with van der Waals surface area (Å²) in [4.78, 5) is 14.0. The van der Waals surface area contributed by atoms with Crippen LogP contribution in [0.3, 0.4) is 0 Å². The number of hydrogen-bond acceptors (Lipinski definition) is 3. The monoisotopic (exact) mass is 282 g/mol. The third kappa shape index (κ3) is 3.09. The zero-order chi connectivity index (χ0) is 14.0. The number of nitrogens with zero attached hydrogens (tertiary/aromatic N) is 1. The molecule has 0 radical (unpaired) electrons. The lowest BCUT2D eigenvalue weighted by atomic mass is 9.89. The lowest BCUT2D eigenvalue weighted by molar-refractivity contribution is -0.0825. The summed E-state index contributed by atoms with van der Waals surface area (Å²) in [5, 5.41) is 12.8. The maximum Gasteiger partial charge on any atom is 0.317 e. The van der Waals surface area contributed by atoms with Crippen molar-refractivity contribution in [2.24, 2.45) is 0 Å². The first-order valence-electron chi connectivity index (χ1n) is 8.04. The number of β-amino-alcohol motifs (C(OH)–C–C–N with tert-alkyl or cyclic N) is 1. The smallest absolute Gasteiger partial charge is 0.317 e. The van der Waals surface area contributed by atoms with Crippen LogP contribution in [0.15, 0.2) is 0 Å². The molecule has 1 aliphatic carbocycles. The van der Waals surface area contributed by atoms with Crippen molar-refractivity contribution < 1.29 is 14.6 Å². The molecular weight excluding hydrogens is 256 g/mol. The largest absolute Gasteiger partial charge is 0.391 e. The minimum absolute atomic E-state index is 0.0104. The van der Waals surface area contributed by atoms with Crippen molar-refractivity contribution in [1.29, 1.82) is 0 Å². The quantitative estimate of drug-likeness (QED) is 0.768. The van der Waals surface area contributed by atoms with Gasteiger partial charge in [-0.15, -0.1) is 0 Å². The Bertz CT molecular complexity index is 355. The average molecular weight is 282 g/mol. The van der Waals surface area contributed by atoms with Crippen LogP contribution in [-0.2, 0) is 4.74 Å². The van der Waals surface area contributed by atoms with Gasteiger partial charge in [-0.05, 0) is 38.5 Å². The first-order chi connectivity index (χ1) is 9.67. The molecule has 114 valence electrons. The third-order valence-corrected chi connectivity index (χ3v) is 5.02. The van der Waals surface area contributed by atoms with Crippen LogP contribution in [-0.4, -0.2) is 53.5 Å². The Labute approximate surface area is 120 Å². The Morgan fingerprint density at radius 2 is 2.05 bits per heavy atom. The summed E-state index contributed by atoms with van der Waals surface area (Å²) in [6, 6.07) is 0.220. The Morgan fingerprint density at radius 3 is 2.80 bits per heavy atom. The van der Waals surface area contributed by atoms with E-state index in [1.54, 1.807) is 4.90 Å². The van der Waals surface area contributed by atoms with Crippen LogP contribution in [0.5, 0.6) is 0 Å². The van der Waals surface area contributed by atoms with Gasteiger partial charge in [-0.2, -0.15) is 0 Å². The van der Waals surface area contributed by atoms with E-state index < -0.39 is 0 Å². The maximum atomic E-state index is 12.3. The minimum atomic E-state index is -0.356. The van der Waals surface area contributed by atoms with E-state index in [4.69, 9.17) is 4.74 Å². The van der Waals surface area contributed by atoms with E-state index in [0.717, 1.165) is 51.7 Å². The topological polar surface area (TPSA) is 61.8 Å². The molecule has 2 heterocycles. The molecule has 1 saturated carbocycles. The number of carbonyl (C=O) groups is 1. The number of ether oxygens (including phenoxy) is 1. The van der Waals surface area contributed by atoms with Crippen LogP contribution >= 0.6 is 0 Å². The number of likely N-dealkylation sites (tertiary alicyclic amines) is 1. The van der Waals surface area contributed by atoms with E-state index in [-0.39, 0.29) is 23.8 Å². The number of nitrogens with one attached hydrogen (secondary N) is 1. The molecule has 3 aliphatic rings. The highest BCUT2D eigenvalue weighted by atomic mass is 16.5. The molecule has 20 heavy (non-hydrogen) atoms. The molecule has 2 N–H and O–H groups in total. The summed E-state index contributed by atoms with van der Waals surface area (Å²) in [7, 11) is 0. The fourth-order valence-electron chi connectivity index (χ4n) is 3.92. The average Bonchev–Trinajstić information content (AvgIpc) is 2.87. The van der Waals surface area contributed by atoms with Gasteiger partial charge in [0.15, 0.2) is 0 Å². The number of amides is 2. The molecule has 5 heteroatoms. The summed E-state index contributed by atoms with van der Waals surface area (Å²) in [5.41, 5.74) is 0.0393. The fraction of sp³-hybridized carbons (Fsp3) is 0.933. The van der Waals surface area contributed by atoms with Crippen molar-refractivity contribution in [2.75, 3.05) is 19.7 Å². The molecule has 2 saturated heterocycles. The summed E-state index contributed by atoms with van der Waals surface area (Å²) in [6.45, 7) is 1.99. The number of piperidine rings is 1. The second kappa shape index (κ2) is 5.90. The standard InChI is InChI=1S/C15H26N2O3/c18-13-4-3-8-17(11-13)14(19)16-12-5-9-20-15(10-12)6-1-2-7-15/h12-13,18H,1-11H2,(H,16,19)/t12-,13+/m0/s1. The van der Waals surface area contributed by atoms with Crippen molar-refractivity contribution in [3.05, 3.63) is 0 Å². The summed E-state index contributed by atoms with van der Waals surface area (Å²) in [6.07, 6.45) is 7.99. The number of carbonyl (C=O) groups excluding carboxylic acids is 1. The van der Waals surface area contributed by atoms with E-state index in [9.17, 15) is 9.90 Å². The van der Waals surface area contributed by atoms with Gasteiger partial charge in [0.05, 0.1) is 11.7 Å². The third-order valence-electron chi connectivity index (χ3n) is 5.02. The number of rotatable bonds is 1. The Hall–Kier alpha value is -0.810. The van der Waals surface area contributed by atoms with Crippen molar-refractivity contribution in [2.45, 2.75) is 69.1 Å². The zero-order valence-corrected chi connectivity index (χ0v) is 12.1. The highest BCUT2D eigenvalue weighted by Crippen LogP contribution is 2.39. The zero-order valence-electron chi connectivity index (χ0n) is 12.1. The molecule has 2 atom stereocenters. The number of urea groups is 1. The molecule has 3 fully saturated rings. The van der Waals surface area contributed by atoms with Gasteiger partial charge in [-0.25, -0.2) is 4.79 Å². The number of aliphatic hydroxyl groups is 1. The molecule has 2 aliphatic heterocycles. The van der Waals surface area contributed by atoms with Gasteiger partial charge in [-0.3, -0.25) is 0 Å².